The van der Waals surface area contributed by atoms with Crippen molar-refractivity contribution >= 4 is 0 Å². The molecule has 0 heteroatoms. The van der Waals surface area contributed by atoms with Gasteiger partial charge in [0.1, 0.15) is 0 Å². The van der Waals surface area contributed by atoms with E-state index in [1.807, 2.05) is 0 Å². The van der Waals surface area contributed by atoms with Crippen molar-refractivity contribution in [2.24, 2.45) is 5.92 Å². The third-order valence-electron chi connectivity index (χ3n) is 3.04. The predicted octanol–water partition coefficient (Wildman–Crippen LogP) is 4.01. The average molecular weight is 174 g/mol. The van der Waals surface area contributed by atoms with E-state index in [4.69, 9.17) is 0 Å². The molecular formula is C13H18. The van der Waals surface area contributed by atoms with Crippen molar-refractivity contribution in [2.45, 2.75) is 39.5 Å². The summed E-state index contributed by atoms with van der Waals surface area (Å²) >= 11 is 0. The van der Waals surface area contributed by atoms with Crippen LogP contribution in [0.1, 0.15) is 39.5 Å². The third kappa shape index (κ3) is 2.12. The van der Waals surface area contributed by atoms with Gasteiger partial charge < -0.3 is 0 Å². The molecule has 2 aliphatic carbocycles. The first-order chi connectivity index (χ1) is 6.24. The van der Waals surface area contributed by atoms with Crippen LogP contribution in [0.25, 0.3) is 0 Å². The zero-order valence-electron chi connectivity index (χ0n) is 8.64. The summed E-state index contributed by atoms with van der Waals surface area (Å²) in [4.78, 5) is 0. The molecule has 1 atom stereocenters. The SMILES string of the molecule is CC1=CC=C2CC(=C1)CCC(C)C2. The van der Waals surface area contributed by atoms with Gasteiger partial charge in [0.2, 0.25) is 0 Å². The van der Waals surface area contributed by atoms with E-state index in [-0.39, 0.29) is 0 Å². The maximum atomic E-state index is 2.38. The van der Waals surface area contributed by atoms with Crippen LogP contribution in [-0.2, 0) is 0 Å². The summed E-state index contributed by atoms with van der Waals surface area (Å²) in [7, 11) is 0. The molecule has 1 unspecified atom stereocenters. The Morgan fingerprint density at radius 3 is 2.92 bits per heavy atom. The molecule has 0 aromatic heterocycles. The second-order valence-electron chi connectivity index (χ2n) is 4.56. The molecule has 0 nitrogen and oxygen atoms in total. The second kappa shape index (κ2) is 3.53. The van der Waals surface area contributed by atoms with Gasteiger partial charge in [-0.3, -0.25) is 0 Å². The number of hydrogen-bond acceptors (Lipinski definition) is 0. The van der Waals surface area contributed by atoms with Crippen molar-refractivity contribution in [2.75, 3.05) is 0 Å². The lowest BCUT2D eigenvalue weighted by atomic mass is 9.99. The van der Waals surface area contributed by atoms with Crippen LogP contribution >= 0.6 is 0 Å². The van der Waals surface area contributed by atoms with Crippen molar-refractivity contribution in [1.29, 1.82) is 0 Å². The van der Waals surface area contributed by atoms with E-state index >= 15 is 0 Å². The number of hydrogen-bond donors (Lipinski definition) is 0. The Balaban J connectivity index is 2.30. The van der Waals surface area contributed by atoms with Crippen LogP contribution in [0, 0.1) is 5.92 Å². The zero-order chi connectivity index (χ0) is 9.26. The van der Waals surface area contributed by atoms with E-state index in [1.165, 1.54) is 31.3 Å². The molecule has 1 fully saturated rings. The molecule has 0 aliphatic heterocycles. The fourth-order valence-electron chi connectivity index (χ4n) is 2.30. The van der Waals surface area contributed by atoms with E-state index in [0.29, 0.717) is 0 Å². The Morgan fingerprint density at radius 2 is 2.08 bits per heavy atom. The van der Waals surface area contributed by atoms with Crippen LogP contribution < -0.4 is 0 Å². The molecule has 2 aliphatic rings. The second-order valence-corrected chi connectivity index (χ2v) is 4.56. The first-order valence-electron chi connectivity index (χ1n) is 5.30. The van der Waals surface area contributed by atoms with E-state index in [9.17, 15) is 0 Å². The molecule has 0 amide bonds. The van der Waals surface area contributed by atoms with E-state index in [2.05, 4.69) is 32.1 Å². The number of rotatable bonds is 0. The number of allylic oxidation sites excluding steroid dienone is 6. The summed E-state index contributed by atoms with van der Waals surface area (Å²) in [6.07, 6.45) is 12.2. The van der Waals surface area contributed by atoms with Crippen molar-refractivity contribution in [3.8, 4) is 0 Å². The first-order valence-corrected chi connectivity index (χ1v) is 5.30. The molecule has 13 heavy (non-hydrogen) atoms. The van der Waals surface area contributed by atoms with Crippen LogP contribution in [0.15, 0.2) is 34.9 Å². The topological polar surface area (TPSA) is 0 Å². The summed E-state index contributed by atoms with van der Waals surface area (Å²) in [5.41, 5.74) is 4.69. The lowest BCUT2D eigenvalue weighted by Crippen LogP contribution is -1.92. The monoisotopic (exact) mass is 174 g/mol. The van der Waals surface area contributed by atoms with Gasteiger partial charge in [-0.15, -0.1) is 0 Å². The molecule has 0 saturated heterocycles. The van der Waals surface area contributed by atoms with Crippen LogP contribution in [0.5, 0.6) is 0 Å². The highest BCUT2D eigenvalue weighted by Gasteiger charge is 2.15. The summed E-state index contributed by atoms with van der Waals surface area (Å²) in [6.45, 7) is 4.57. The Morgan fingerprint density at radius 1 is 1.23 bits per heavy atom. The van der Waals surface area contributed by atoms with Gasteiger partial charge in [-0.05, 0) is 38.5 Å². The molecule has 0 radical (unpaired) electrons. The Kier molecular flexibility index (Phi) is 2.39. The van der Waals surface area contributed by atoms with Gasteiger partial charge in [-0.25, -0.2) is 0 Å². The van der Waals surface area contributed by atoms with Gasteiger partial charge in [0.25, 0.3) is 0 Å². The van der Waals surface area contributed by atoms with Crippen LogP contribution in [-0.4, -0.2) is 0 Å². The smallest absolute Gasteiger partial charge is 0.0102 e. The minimum Gasteiger partial charge on any atom is -0.0659 e. The number of fused-ring (bicyclic) bond motifs is 2. The van der Waals surface area contributed by atoms with Crippen LogP contribution in [0.2, 0.25) is 0 Å². The molecule has 0 heterocycles. The largest absolute Gasteiger partial charge is 0.0659 e. The molecular weight excluding hydrogens is 156 g/mol. The minimum atomic E-state index is 0.879. The fraction of sp³-hybridized carbons (Fsp3) is 0.538. The van der Waals surface area contributed by atoms with Crippen molar-refractivity contribution < 1.29 is 0 Å². The van der Waals surface area contributed by atoms with Crippen molar-refractivity contribution in [3.63, 3.8) is 0 Å². The van der Waals surface area contributed by atoms with Gasteiger partial charge in [0.15, 0.2) is 0 Å². The van der Waals surface area contributed by atoms with Gasteiger partial charge in [0, 0.05) is 0 Å². The van der Waals surface area contributed by atoms with E-state index in [0.717, 1.165) is 5.92 Å². The quantitative estimate of drug-likeness (QED) is 0.520. The summed E-state index contributed by atoms with van der Waals surface area (Å²) in [5, 5.41) is 0. The maximum absolute atomic E-state index is 2.38. The molecule has 2 rings (SSSR count). The average Bonchev–Trinajstić information content (AvgIpc) is 2.34. The maximum Gasteiger partial charge on any atom is -0.0102 e. The van der Waals surface area contributed by atoms with Crippen molar-refractivity contribution in [1.82, 2.24) is 0 Å². The summed E-state index contributed by atoms with van der Waals surface area (Å²) in [6, 6.07) is 0. The highest BCUT2D eigenvalue weighted by Crippen LogP contribution is 2.32. The van der Waals surface area contributed by atoms with Gasteiger partial charge in [-0.2, -0.15) is 0 Å². The molecule has 2 bridgehead atoms. The first kappa shape index (κ1) is 8.80. The standard InChI is InChI=1S/C13H18/c1-10-3-5-13-8-11(2)4-6-12(7-10)9-13/h3,5,7,11H,4,6,8-9H2,1-2H3. The summed E-state index contributed by atoms with van der Waals surface area (Å²) < 4.78 is 0. The van der Waals surface area contributed by atoms with Gasteiger partial charge >= 0.3 is 0 Å². The summed E-state index contributed by atoms with van der Waals surface area (Å²) in [5.74, 6) is 0.879. The van der Waals surface area contributed by atoms with E-state index in [1.54, 1.807) is 11.1 Å². The third-order valence-corrected chi connectivity index (χ3v) is 3.04. The fourth-order valence-corrected chi connectivity index (χ4v) is 2.30. The van der Waals surface area contributed by atoms with Crippen molar-refractivity contribution in [3.05, 3.63) is 34.9 Å². The highest BCUT2D eigenvalue weighted by molar-refractivity contribution is 5.35. The minimum absolute atomic E-state index is 0.879. The van der Waals surface area contributed by atoms with Crippen LogP contribution in [0.3, 0.4) is 0 Å². The molecule has 0 N–H and O–H groups in total. The van der Waals surface area contributed by atoms with Crippen LogP contribution in [0.4, 0.5) is 0 Å². The predicted molar refractivity (Wildman–Crippen MR) is 57.6 cm³/mol. The Hall–Kier alpha value is -0.780. The zero-order valence-corrected chi connectivity index (χ0v) is 8.64. The lowest BCUT2D eigenvalue weighted by molar-refractivity contribution is 0.545. The van der Waals surface area contributed by atoms with Gasteiger partial charge in [-0.1, -0.05) is 41.9 Å². The van der Waals surface area contributed by atoms with Gasteiger partial charge in [0.05, 0.1) is 0 Å². The molecule has 1 saturated carbocycles. The molecule has 0 aromatic rings. The Labute approximate surface area is 81.0 Å². The molecule has 0 spiro atoms. The van der Waals surface area contributed by atoms with E-state index < -0.39 is 0 Å². The molecule has 0 aromatic carbocycles. The lowest BCUT2D eigenvalue weighted by Gasteiger charge is -2.06. The highest BCUT2D eigenvalue weighted by atomic mass is 14.2. The molecule has 70 valence electrons. The normalized spacial score (nSPS) is 28.2. The Bertz CT molecular complexity index is 289.